The van der Waals surface area contributed by atoms with E-state index < -0.39 is 6.04 Å². The van der Waals surface area contributed by atoms with Crippen molar-refractivity contribution >= 4 is 35.0 Å². The molecule has 7 heteroatoms. The van der Waals surface area contributed by atoms with Crippen molar-refractivity contribution in [3.63, 3.8) is 0 Å². The van der Waals surface area contributed by atoms with Crippen LogP contribution in [0.1, 0.15) is 6.42 Å². The van der Waals surface area contributed by atoms with Crippen LogP contribution in [0.2, 0.25) is 5.02 Å². The van der Waals surface area contributed by atoms with Crippen LogP contribution in [-0.4, -0.2) is 38.2 Å². The summed E-state index contributed by atoms with van der Waals surface area (Å²) in [4.78, 5) is 12.0. The first kappa shape index (κ1) is 16.9. The van der Waals surface area contributed by atoms with Gasteiger partial charge < -0.3 is 20.5 Å². The summed E-state index contributed by atoms with van der Waals surface area (Å²) in [7, 11) is 3.02. The van der Waals surface area contributed by atoms with E-state index in [4.69, 9.17) is 26.8 Å². The quantitative estimate of drug-likeness (QED) is 0.807. The highest BCUT2D eigenvalue weighted by Crippen LogP contribution is 2.35. The minimum Gasteiger partial charge on any atom is -0.495 e. The van der Waals surface area contributed by atoms with Gasteiger partial charge in [0, 0.05) is 6.07 Å². The molecule has 0 aromatic heterocycles. The van der Waals surface area contributed by atoms with Gasteiger partial charge in [-0.2, -0.15) is 11.8 Å². The van der Waals surface area contributed by atoms with E-state index in [9.17, 15) is 4.79 Å². The second kappa shape index (κ2) is 8.24. The second-order valence-electron chi connectivity index (χ2n) is 4.06. The normalized spacial score (nSPS) is 11.8. The second-order valence-corrected chi connectivity index (χ2v) is 5.46. The van der Waals surface area contributed by atoms with Crippen LogP contribution in [0.25, 0.3) is 0 Å². The van der Waals surface area contributed by atoms with Gasteiger partial charge in [0.1, 0.15) is 11.5 Å². The smallest absolute Gasteiger partial charge is 0.241 e. The average molecular weight is 319 g/mol. The third kappa shape index (κ3) is 4.47. The van der Waals surface area contributed by atoms with E-state index in [1.807, 2.05) is 6.26 Å². The monoisotopic (exact) mass is 318 g/mol. The molecule has 0 saturated heterocycles. The van der Waals surface area contributed by atoms with Crippen molar-refractivity contribution in [2.75, 3.05) is 31.5 Å². The molecule has 20 heavy (non-hydrogen) atoms. The predicted octanol–water partition coefficient (Wildman–Crippen LogP) is 2.38. The van der Waals surface area contributed by atoms with Gasteiger partial charge in [-0.05, 0) is 24.5 Å². The summed E-state index contributed by atoms with van der Waals surface area (Å²) in [5.74, 6) is 1.51. The molecule has 1 amide bonds. The lowest BCUT2D eigenvalue weighted by Crippen LogP contribution is -2.36. The highest BCUT2D eigenvalue weighted by atomic mass is 35.5. The van der Waals surface area contributed by atoms with Crippen LogP contribution >= 0.6 is 23.4 Å². The molecule has 0 unspecified atom stereocenters. The lowest BCUT2D eigenvalue weighted by molar-refractivity contribution is -0.117. The number of thioether (sulfide) groups is 1. The van der Waals surface area contributed by atoms with Gasteiger partial charge in [-0.15, -0.1) is 0 Å². The number of hydrogen-bond acceptors (Lipinski definition) is 5. The Balaban J connectivity index is 2.86. The molecular weight excluding hydrogens is 300 g/mol. The summed E-state index contributed by atoms with van der Waals surface area (Å²) >= 11 is 7.69. The molecule has 0 radical (unpaired) electrons. The van der Waals surface area contributed by atoms with Crippen molar-refractivity contribution in [2.45, 2.75) is 12.5 Å². The molecule has 3 N–H and O–H groups in total. The summed E-state index contributed by atoms with van der Waals surface area (Å²) in [6.45, 7) is 0. The Morgan fingerprint density at radius 3 is 2.60 bits per heavy atom. The number of methoxy groups -OCH3 is 2. The standard InChI is InChI=1S/C13H19ClN2O3S/c1-18-11-7-12(19-2)10(6-8(11)14)16-13(17)9(15)4-5-20-3/h6-7,9H,4-5,15H2,1-3H3,(H,16,17)/t9-/m0/s1. The molecule has 5 nitrogen and oxygen atoms in total. The highest BCUT2D eigenvalue weighted by molar-refractivity contribution is 7.98. The van der Waals surface area contributed by atoms with Crippen LogP contribution in [0, 0.1) is 0 Å². The Hall–Kier alpha value is -1.11. The number of benzene rings is 1. The van der Waals surface area contributed by atoms with Gasteiger partial charge in [-0.25, -0.2) is 0 Å². The molecule has 0 aliphatic rings. The Morgan fingerprint density at radius 2 is 2.05 bits per heavy atom. The van der Waals surface area contributed by atoms with Gasteiger partial charge in [-0.3, -0.25) is 4.79 Å². The maximum absolute atomic E-state index is 12.0. The van der Waals surface area contributed by atoms with E-state index in [2.05, 4.69) is 5.32 Å². The summed E-state index contributed by atoms with van der Waals surface area (Å²) in [6.07, 6.45) is 2.58. The van der Waals surface area contributed by atoms with Crippen molar-refractivity contribution in [2.24, 2.45) is 5.73 Å². The number of halogens is 1. The molecule has 1 atom stereocenters. The molecule has 1 rings (SSSR count). The third-order valence-corrected chi connectivity index (χ3v) is 3.64. The molecule has 112 valence electrons. The van der Waals surface area contributed by atoms with Crippen LogP contribution < -0.4 is 20.5 Å². The number of amides is 1. The Labute approximate surface area is 128 Å². The first-order chi connectivity index (χ1) is 9.53. The topological polar surface area (TPSA) is 73.6 Å². The SMILES string of the molecule is COc1cc(OC)c(NC(=O)[C@@H](N)CCSC)cc1Cl. The van der Waals surface area contributed by atoms with Gasteiger partial charge in [0.2, 0.25) is 5.91 Å². The number of anilines is 1. The number of nitrogens with two attached hydrogens (primary N) is 1. The zero-order valence-corrected chi connectivity index (χ0v) is 13.3. The van der Waals surface area contributed by atoms with Gasteiger partial charge in [0.05, 0.1) is 31.0 Å². The molecule has 0 bridgehead atoms. The number of hydrogen-bond donors (Lipinski definition) is 2. The first-order valence-corrected chi connectivity index (χ1v) is 7.77. The molecule has 0 aliphatic carbocycles. The number of carbonyl (C=O) groups excluding carboxylic acids is 1. The molecule has 0 saturated carbocycles. The Morgan fingerprint density at radius 1 is 1.40 bits per heavy atom. The van der Waals surface area contributed by atoms with E-state index in [1.54, 1.807) is 23.9 Å². The fraction of sp³-hybridized carbons (Fsp3) is 0.462. The summed E-state index contributed by atoms with van der Waals surface area (Å²) in [6, 6.07) is 2.64. The van der Waals surface area contributed by atoms with Crippen LogP contribution in [0.15, 0.2) is 12.1 Å². The lowest BCUT2D eigenvalue weighted by atomic mass is 10.2. The number of nitrogens with one attached hydrogen (secondary N) is 1. The number of rotatable bonds is 7. The molecule has 0 heterocycles. The summed E-state index contributed by atoms with van der Waals surface area (Å²) < 4.78 is 10.3. The maximum atomic E-state index is 12.0. The first-order valence-electron chi connectivity index (χ1n) is 6.00. The molecule has 0 spiro atoms. The molecular formula is C13H19ClN2O3S. The molecule has 1 aromatic rings. The van der Waals surface area contributed by atoms with Crippen molar-refractivity contribution in [3.8, 4) is 11.5 Å². The van der Waals surface area contributed by atoms with Crippen molar-refractivity contribution in [1.29, 1.82) is 0 Å². The van der Waals surface area contributed by atoms with E-state index in [0.29, 0.717) is 28.6 Å². The zero-order chi connectivity index (χ0) is 15.1. The average Bonchev–Trinajstić information content (AvgIpc) is 2.44. The van der Waals surface area contributed by atoms with Crippen LogP contribution in [0.4, 0.5) is 5.69 Å². The van der Waals surface area contributed by atoms with Gasteiger partial charge in [0.15, 0.2) is 0 Å². The van der Waals surface area contributed by atoms with Crippen LogP contribution in [-0.2, 0) is 4.79 Å². The minimum atomic E-state index is -0.562. The van der Waals surface area contributed by atoms with Crippen LogP contribution in [0.5, 0.6) is 11.5 Å². The lowest BCUT2D eigenvalue weighted by Gasteiger charge is -2.15. The maximum Gasteiger partial charge on any atom is 0.241 e. The molecule has 0 fully saturated rings. The minimum absolute atomic E-state index is 0.265. The van der Waals surface area contributed by atoms with Crippen LogP contribution in [0.3, 0.4) is 0 Å². The zero-order valence-electron chi connectivity index (χ0n) is 11.7. The molecule has 0 aliphatic heterocycles. The fourth-order valence-corrected chi connectivity index (χ4v) is 2.29. The largest absolute Gasteiger partial charge is 0.495 e. The van der Waals surface area contributed by atoms with Crippen molar-refractivity contribution in [3.05, 3.63) is 17.2 Å². The highest BCUT2D eigenvalue weighted by Gasteiger charge is 2.17. The van der Waals surface area contributed by atoms with E-state index >= 15 is 0 Å². The summed E-state index contributed by atoms with van der Waals surface area (Å²) in [5, 5.41) is 3.11. The van der Waals surface area contributed by atoms with E-state index in [1.165, 1.54) is 14.2 Å². The Bertz CT molecular complexity index is 471. The Kier molecular flexibility index (Phi) is 6.98. The third-order valence-electron chi connectivity index (χ3n) is 2.70. The van der Waals surface area contributed by atoms with E-state index in [-0.39, 0.29) is 5.91 Å². The van der Waals surface area contributed by atoms with E-state index in [0.717, 1.165) is 5.75 Å². The van der Waals surface area contributed by atoms with Gasteiger partial charge in [0.25, 0.3) is 0 Å². The fourth-order valence-electron chi connectivity index (χ4n) is 1.56. The van der Waals surface area contributed by atoms with Gasteiger partial charge in [-0.1, -0.05) is 11.6 Å². The molecule has 1 aromatic carbocycles. The summed E-state index contributed by atoms with van der Waals surface area (Å²) in [5.41, 5.74) is 6.29. The van der Waals surface area contributed by atoms with Crippen molar-refractivity contribution in [1.82, 2.24) is 0 Å². The number of carbonyl (C=O) groups is 1. The van der Waals surface area contributed by atoms with Gasteiger partial charge >= 0.3 is 0 Å². The predicted molar refractivity (Wildman–Crippen MR) is 84.2 cm³/mol. The number of ether oxygens (including phenoxy) is 2. The van der Waals surface area contributed by atoms with Crippen molar-refractivity contribution < 1.29 is 14.3 Å².